The summed E-state index contributed by atoms with van der Waals surface area (Å²) < 4.78 is 4.50. The molecule has 0 aliphatic rings. The molecule has 0 bridgehead atoms. The highest BCUT2D eigenvalue weighted by Gasteiger charge is 2.00. The SMILES string of the molecule is COC(=O)c1ccccc1.NC(=O)CCc1ccccc1. The van der Waals surface area contributed by atoms with Crippen molar-refractivity contribution in [2.24, 2.45) is 5.73 Å². The maximum absolute atomic E-state index is 10.8. The molecule has 0 unspecified atom stereocenters. The number of amides is 1. The number of methoxy groups -OCH3 is 1. The summed E-state index contributed by atoms with van der Waals surface area (Å²) in [6.07, 6.45) is 1.18. The van der Waals surface area contributed by atoms with E-state index in [0.29, 0.717) is 12.0 Å². The zero-order valence-corrected chi connectivity index (χ0v) is 12.0. The Morgan fingerprint density at radius 1 is 0.952 bits per heavy atom. The minimum atomic E-state index is -0.291. The Bertz CT molecular complexity index is 553. The first kappa shape index (κ1) is 16.4. The van der Waals surface area contributed by atoms with Crippen LogP contribution >= 0.6 is 0 Å². The molecule has 2 N–H and O–H groups in total. The minimum absolute atomic E-state index is 0.242. The molecule has 4 heteroatoms. The quantitative estimate of drug-likeness (QED) is 0.878. The number of nitrogens with two attached hydrogens (primary N) is 1. The first-order chi connectivity index (χ1) is 10.1. The highest BCUT2D eigenvalue weighted by Crippen LogP contribution is 2.01. The summed E-state index contributed by atoms with van der Waals surface area (Å²) in [5.74, 6) is -0.533. The summed E-state index contributed by atoms with van der Waals surface area (Å²) in [7, 11) is 1.37. The van der Waals surface area contributed by atoms with E-state index in [2.05, 4.69) is 4.74 Å². The predicted molar refractivity (Wildman–Crippen MR) is 81.7 cm³/mol. The molecule has 0 spiro atoms. The molecule has 0 aromatic heterocycles. The minimum Gasteiger partial charge on any atom is -0.465 e. The van der Waals surface area contributed by atoms with Crippen LogP contribution < -0.4 is 5.73 Å². The summed E-state index contributed by atoms with van der Waals surface area (Å²) in [4.78, 5) is 21.2. The van der Waals surface area contributed by atoms with Gasteiger partial charge in [-0.25, -0.2) is 4.79 Å². The van der Waals surface area contributed by atoms with Crippen molar-refractivity contribution in [3.63, 3.8) is 0 Å². The van der Waals surface area contributed by atoms with Crippen LogP contribution in [0.5, 0.6) is 0 Å². The van der Waals surface area contributed by atoms with Crippen molar-refractivity contribution in [3.8, 4) is 0 Å². The Kier molecular flexibility index (Phi) is 7.29. The normalized spacial score (nSPS) is 9.19. The lowest BCUT2D eigenvalue weighted by Crippen LogP contribution is -2.10. The molecule has 21 heavy (non-hydrogen) atoms. The smallest absolute Gasteiger partial charge is 0.337 e. The zero-order chi connectivity index (χ0) is 15.5. The molecule has 1 amide bonds. The summed E-state index contributed by atoms with van der Waals surface area (Å²) in [6, 6.07) is 18.7. The molecular weight excluding hydrogens is 266 g/mol. The van der Waals surface area contributed by atoms with Crippen LogP contribution in [-0.2, 0) is 16.0 Å². The lowest BCUT2D eigenvalue weighted by Gasteiger charge is -1.96. The van der Waals surface area contributed by atoms with Crippen LogP contribution in [0.4, 0.5) is 0 Å². The first-order valence-electron chi connectivity index (χ1n) is 6.59. The van der Waals surface area contributed by atoms with Crippen molar-refractivity contribution in [3.05, 3.63) is 71.8 Å². The van der Waals surface area contributed by atoms with Gasteiger partial charge in [0.05, 0.1) is 12.7 Å². The molecule has 0 aliphatic carbocycles. The molecule has 2 rings (SSSR count). The highest BCUT2D eigenvalue weighted by atomic mass is 16.5. The van der Waals surface area contributed by atoms with Gasteiger partial charge in [0.1, 0.15) is 0 Å². The summed E-state index contributed by atoms with van der Waals surface area (Å²) in [6.45, 7) is 0. The molecule has 4 nitrogen and oxygen atoms in total. The lowest BCUT2D eigenvalue weighted by molar-refractivity contribution is -0.117. The number of carbonyl (C=O) groups is 2. The molecule has 0 aliphatic heterocycles. The fraction of sp³-hybridized carbons (Fsp3) is 0.176. The summed E-state index contributed by atoms with van der Waals surface area (Å²) >= 11 is 0. The third-order valence-corrected chi connectivity index (χ3v) is 2.70. The van der Waals surface area contributed by atoms with E-state index in [-0.39, 0.29) is 11.9 Å². The van der Waals surface area contributed by atoms with Crippen molar-refractivity contribution in [2.45, 2.75) is 12.8 Å². The maximum Gasteiger partial charge on any atom is 0.337 e. The molecule has 0 saturated heterocycles. The second-order valence-electron chi connectivity index (χ2n) is 4.31. The Labute approximate surface area is 124 Å². The van der Waals surface area contributed by atoms with E-state index < -0.39 is 0 Å². The predicted octanol–water partition coefficient (Wildman–Crippen LogP) is 2.58. The Balaban J connectivity index is 0.000000211. The zero-order valence-electron chi connectivity index (χ0n) is 12.0. The van der Waals surface area contributed by atoms with E-state index in [1.165, 1.54) is 7.11 Å². The van der Waals surface area contributed by atoms with Gasteiger partial charge in [0, 0.05) is 6.42 Å². The molecule has 2 aromatic rings. The monoisotopic (exact) mass is 285 g/mol. The average Bonchev–Trinajstić information content (AvgIpc) is 2.54. The second kappa shape index (κ2) is 9.31. The van der Waals surface area contributed by atoms with E-state index >= 15 is 0 Å². The molecule has 0 saturated carbocycles. The number of esters is 1. The number of primary amides is 1. The largest absolute Gasteiger partial charge is 0.465 e. The van der Waals surface area contributed by atoms with Crippen molar-refractivity contribution < 1.29 is 14.3 Å². The van der Waals surface area contributed by atoms with E-state index in [4.69, 9.17) is 5.73 Å². The lowest BCUT2D eigenvalue weighted by atomic mass is 10.1. The third kappa shape index (κ3) is 6.92. The van der Waals surface area contributed by atoms with Crippen molar-refractivity contribution in [1.29, 1.82) is 0 Å². The van der Waals surface area contributed by atoms with E-state index in [0.717, 1.165) is 12.0 Å². The van der Waals surface area contributed by atoms with Gasteiger partial charge in [-0.2, -0.15) is 0 Å². The van der Waals surface area contributed by atoms with E-state index in [1.54, 1.807) is 24.3 Å². The highest BCUT2D eigenvalue weighted by molar-refractivity contribution is 5.89. The molecule has 0 atom stereocenters. The molecule has 2 aromatic carbocycles. The number of hydrogen-bond acceptors (Lipinski definition) is 3. The van der Waals surface area contributed by atoms with Crippen LogP contribution in [0.1, 0.15) is 22.3 Å². The fourth-order valence-electron chi connectivity index (χ4n) is 1.60. The average molecular weight is 285 g/mol. The van der Waals surface area contributed by atoms with Gasteiger partial charge in [0.25, 0.3) is 0 Å². The second-order valence-corrected chi connectivity index (χ2v) is 4.31. The number of hydrogen-bond donors (Lipinski definition) is 1. The van der Waals surface area contributed by atoms with Gasteiger partial charge in [-0.15, -0.1) is 0 Å². The van der Waals surface area contributed by atoms with Crippen molar-refractivity contribution in [1.82, 2.24) is 0 Å². The summed E-state index contributed by atoms with van der Waals surface area (Å²) in [5, 5.41) is 0. The van der Waals surface area contributed by atoms with Gasteiger partial charge in [0.15, 0.2) is 0 Å². The Hall–Kier alpha value is -2.62. The fourth-order valence-corrected chi connectivity index (χ4v) is 1.60. The number of ether oxygens (including phenoxy) is 1. The van der Waals surface area contributed by atoms with Crippen LogP contribution in [0.2, 0.25) is 0 Å². The number of carbonyl (C=O) groups excluding carboxylic acids is 2. The van der Waals surface area contributed by atoms with Crippen molar-refractivity contribution >= 4 is 11.9 Å². The Morgan fingerprint density at radius 3 is 1.95 bits per heavy atom. The molecule has 0 radical (unpaired) electrons. The first-order valence-corrected chi connectivity index (χ1v) is 6.59. The van der Waals surface area contributed by atoms with Crippen LogP contribution in [0.3, 0.4) is 0 Å². The molecular formula is C17H19NO3. The standard InChI is InChI=1S/C9H11NO.C8H8O2/c10-9(11)7-6-8-4-2-1-3-5-8;1-10-8(9)7-5-3-2-4-6-7/h1-5H,6-7H2,(H2,10,11);2-6H,1H3. The third-order valence-electron chi connectivity index (χ3n) is 2.70. The maximum atomic E-state index is 10.8. The van der Waals surface area contributed by atoms with Gasteiger partial charge in [0.2, 0.25) is 5.91 Å². The van der Waals surface area contributed by atoms with Crippen molar-refractivity contribution in [2.75, 3.05) is 7.11 Å². The van der Waals surface area contributed by atoms with Gasteiger partial charge in [-0.3, -0.25) is 4.79 Å². The van der Waals surface area contributed by atoms with E-state index in [9.17, 15) is 9.59 Å². The topological polar surface area (TPSA) is 69.4 Å². The molecule has 0 fully saturated rings. The van der Waals surface area contributed by atoms with Gasteiger partial charge in [-0.05, 0) is 24.1 Å². The summed E-state index contributed by atoms with van der Waals surface area (Å²) in [5.41, 5.74) is 6.75. The van der Waals surface area contributed by atoms with Crippen LogP contribution in [0.15, 0.2) is 60.7 Å². The molecule has 0 heterocycles. The number of benzene rings is 2. The van der Waals surface area contributed by atoms with Crippen LogP contribution in [0, 0.1) is 0 Å². The van der Waals surface area contributed by atoms with Crippen LogP contribution in [0.25, 0.3) is 0 Å². The number of rotatable bonds is 4. The van der Waals surface area contributed by atoms with Gasteiger partial charge >= 0.3 is 5.97 Å². The van der Waals surface area contributed by atoms with Crippen LogP contribution in [-0.4, -0.2) is 19.0 Å². The molecule has 110 valence electrons. The van der Waals surface area contributed by atoms with E-state index in [1.807, 2.05) is 36.4 Å². The number of aryl methyl sites for hydroxylation is 1. The Morgan fingerprint density at radius 2 is 1.48 bits per heavy atom. The van der Waals surface area contributed by atoms with Gasteiger partial charge in [-0.1, -0.05) is 48.5 Å². The van der Waals surface area contributed by atoms with Gasteiger partial charge < -0.3 is 10.5 Å².